The average Bonchev–Trinajstić information content (AvgIpc) is 3.90. The summed E-state index contributed by atoms with van der Waals surface area (Å²) in [5, 5.41) is 3.77. The van der Waals surface area contributed by atoms with E-state index in [0.717, 1.165) is 55.1 Å². The van der Waals surface area contributed by atoms with Crippen LogP contribution in [0, 0.1) is 0 Å². The molecule has 0 fully saturated rings. The van der Waals surface area contributed by atoms with Gasteiger partial charge >= 0.3 is 17.1 Å². The molecule has 0 saturated carbocycles. The van der Waals surface area contributed by atoms with Gasteiger partial charge in [-0.05, 0) is 10.8 Å². The maximum absolute atomic E-state index is 9.50. The third kappa shape index (κ3) is 6.45. The van der Waals surface area contributed by atoms with Gasteiger partial charge in [0.1, 0.15) is 11.3 Å². The van der Waals surface area contributed by atoms with Crippen LogP contribution in [-0.4, -0.2) is 63.2 Å². The summed E-state index contributed by atoms with van der Waals surface area (Å²) in [6.07, 6.45) is 0. The Labute approximate surface area is 295 Å². The van der Waals surface area contributed by atoms with E-state index in [1.54, 1.807) is 0 Å². The molecular formula is C37H31CuF4N8. The topological polar surface area (TPSA) is 96.4 Å². The first kappa shape index (κ1) is 37.3. The maximum Gasteiger partial charge on any atom is 1.00 e. The summed E-state index contributed by atoms with van der Waals surface area (Å²) >= 11 is 0. The molecule has 0 unspecified atom stereocenters. The van der Waals surface area contributed by atoms with Gasteiger partial charge in [-0.2, -0.15) is 0 Å². The predicted octanol–water partition coefficient (Wildman–Crippen LogP) is 8.85. The summed E-state index contributed by atoms with van der Waals surface area (Å²) in [6, 6.07) is 32.2. The largest absolute Gasteiger partial charge is 1.00 e. The van der Waals surface area contributed by atoms with Crippen molar-refractivity contribution in [2.24, 2.45) is 7.05 Å². The molecule has 0 aliphatic carbocycles. The van der Waals surface area contributed by atoms with Crippen molar-refractivity contribution in [3.05, 3.63) is 97.1 Å². The number of halogens is 4. The van der Waals surface area contributed by atoms with E-state index in [0.29, 0.717) is 63.3 Å². The number of benzene rings is 4. The van der Waals surface area contributed by atoms with E-state index in [2.05, 4.69) is 12.1 Å². The van der Waals surface area contributed by atoms with Gasteiger partial charge in [-0.3, -0.25) is 17.6 Å². The number of alkyl halides is 4. The van der Waals surface area contributed by atoms with Crippen LogP contribution in [0.25, 0.3) is 89.7 Å². The van der Waals surface area contributed by atoms with Gasteiger partial charge in [-0.15, -0.1) is 0 Å². The zero-order chi connectivity index (χ0) is 35.1. The summed E-state index contributed by atoms with van der Waals surface area (Å²) in [4.78, 5) is 35.0. The van der Waals surface area contributed by atoms with Crippen LogP contribution in [0.15, 0.2) is 97.1 Å². The summed E-state index contributed by atoms with van der Waals surface area (Å²) in [6.45, 7) is 0. The van der Waals surface area contributed by atoms with E-state index in [9.17, 15) is 17.6 Å². The van der Waals surface area contributed by atoms with E-state index < -0.39 is 0 Å². The third-order valence-corrected chi connectivity index (χ3v) is 7.75. The van der Waals surface area contributed by atoms with E-state index in [1.165, 1.54) is 0 Å². The molecule has 13 heteroatoms. The van der Waals surface area contributed by atoms with Gasteiger partial charge in [-0.25, -0.2) is 19.9 Å². The first-order chi connectivity index (χ1) is 24.2. The van der Waals surface area contributed by atoms with Crippen molar-refractivity contribution >= 4 is 44.1 Å². The first-order valence-corrected chi connectivity index (χ1v) is 14.8. The summed E-state index contributed by atoms with van der Waals surface area (Å²) < 4.78 is 40.0. The van der Waals surface area contributed by atoms with Crippen LogP contribution in [-0.2, 0) is 24.1 Å². The molecule has 0 N–H and O–H groups in total. The number of hydrogen-bond acceptors (Lipinski definition) is 6. The van der Waals surface area contributed by atoms with Crippen LogP contribution >= 0.6 is 0 Å². The number of aromatic nitrogens is 8. The van der Waals surface area contributed by atoms with E-state index in [4.69, 9.17) is 34.9 Å². The fourth-order valence-electron chi connectivity index (χ4n) is 5.80. The van der Waals surface area contributed by atoms with Crippen LogP contribution in [0.4, 0.5) is 17.6 Å². The second-order valence-corrected chi connectivity index (χ2v) is 10.1. The van der Waals surface area contributed by atoms with Gasteiger partial charge in [0.15, 0.2) is 11.6 Å². The van der Waals surface area contributed by atoms with Gasteiger partial charge in [0, 0.05) is 51.4 Å². The van der Waals surface area contributed by atoms with E-state index in [1.807, 2.05) is 96.5 Å². The van der Waals surface area contributed by atoms with E-state index >= 15 is 0 Å². The van der Waals surface area contributed by atoms with Gasteiger partial charge in [0.05, 0.1) is 40.4 Å². The second-order valence-electron chi connectivity index (χ2n) is 10.1. The van der Waals surface area contributed by atoms with E-state index in [-0.39, 0.29) is 17.1 Å². The van der Waals surface area contributed by atoms with Crippen molar-refractivity contribution < 1.29 is 34.6 Å². The van der Waals surface area contributed by atoms with Crippen molar-refractivity contribution in [3.63, 3.8) is 0 Å². The van der Waals surface area contributed by atoms with Crippen molar-refractivity contribution in [2.45, 2.75) is 0 Å². The monoisotopic (exact) mass is 726 g/mol. The quantitative estimate of drug-likeness (QED) is 0.114. The van der Waals surface area contributed by atoms with Crippen LogP contribution in [0.5, 0.6) is 0 Å². The van der Waals surface area contributed by atoms with Gasteiger partial charge in [0.25, 0.3) is 0 Å². The number of hydrogen-bond donors (Lipinski definition) is 0. The molecule has 0 amide bonds. The SMILES string of the molecule is CF.CF.CF.CF.Cn1c2nc3nc(nc4[n-]c(nc5nc(nc1c1ccccc12)-c1ccccc1-5)c1ccccc41)-c1ccccc1-3.[Cu+]. The summed E-state index contributed by atoms with van der Waals surface area (Å²) in [7, 11) is 3.98. The Morgan fingerprint density at radius 3 is 1.02 bits per heavy atom. The Hall–Kier alpha value is -5.52. The molecule has 258 valence electrons. The number of aryl methyl sites for hydroxylation is 1. The van der Waals surface area contributed by atoms with Gasteiger partial charge in [0.2, 0.25) is 0 Å². The predicted molar refractivity (Wildman–Crippen MR) is 188 cm³/mol. The minimum atomic E-state index is 0. The fraction of sp³-hybridized carbons (Fsp3) is 0.135. The minimum Gasteiger partial charge on any atom is -0.357 e. The summed E-state index contributed by atoms with van der Waals surface area (Å²) in [5.74, 6) is 2.35. The Morgan fingerprint density at radius 1 is 0.400 bits per heavy atom. The first-order valence-electron chi connectivity index (χ1n) is 14.8. The average molecular weight is 727 g/mol. The molecule has 9 rings (SSSR count). The van der Waals surface area contributed by atoms with Crippen molar-refractivity contribution in [1.29, 1.82) is 0 Å². The normalized spacial score (nSPS) is 10.3. The zero-order valence-electron chi connectivity index (χ0n) is 27.6. The van der Waals surface area contributed by atoms with Crippen molar-refractivity contribution in [3.8, 4) is 45.6 Å². The molecule has 0 atom stereocenters. The molecule has 50 heavy (non-hydrogen) atoms. The zero-order valence-corrected chi connectivity index (χ0v) is 28.6. The van der Waals surface area contributed by atoms with Gasteiger partial charge in [-0.1, -0.05) is 97.1 Å². The van der Waals surface area contributed by atoms with Crippen molar-refractivity contribution in [2.75, 3.05) is 28.7 Å². The fourth-order valence-corrected chi connectivity index (χ4v) is 5.80. The second kappa shape index (κ2) is 16.7. The molecule has 8 nitrogen and oxygen atoms in total. The standard InChI is InChI=1S/C33H19N8.4CH3F.Cu/c1-41-32-24-16-8-9-17-25(24)33(41)40-31-23-15-7-5-13-21(23)29(38-31)36-27-19-11-3-2-10-18(19)26(34-27)35-28-20-12-4-6-14-22(20)30(37-28)39-32;4*1-2;/h2-17H,1H3;4*1H3;/q-1;;;;;+1. The minimum absolute atomic E-state index is 0. The Kier molecular flexibility index (Phi) is 12.5. The summed E-state index contributed by atoms with van der Waals surface area (Å²) in [5.41, 5.74) is 6.33. The molecule has 2 aliphatic rings. The Balaban J connectivity index is 0.000000586. The Bertz CT molecular complexity index is 2260. The Morgan fingerprint density at radius 2 is 0.680 bits per heavy atom. The van der Waals surface area contributed by atoms with Crippen LogP contribution < -0.4 is 4.98 Å². The molecule has 7 aromatic rings. The molecule has 0 radical (unpaired) electrons. The number of nitrogens with zero attached hydrogens (tertiary/aromatic N) is 8. The number of fused-ring (bicyclic) bond motifs is 20. The number of rotatable bonds is 0. The molecule has 2 aliphatic heterocycles. The molecular weight excluding hydrogens is 696 g/mol. The third-order valence-electron chi connectivity index (χ3n) is 7.75. The molecule has 4 aromatic carbocycles. The maximum atomic E-state index is 9.50. The molecule has 0 spiro atoms. The van der Waals surface area contributed by atoms with Crippen LogP contribution in [0.1, 0.15) is 0 Å². The van der Waals surface area contributed by atoms with Gasteiger partial charge < -0.3 is 19.5 Å². The smallest absolute Gasteiger partial charge is 0.357 e. The molecule has 8 bridgehead atoms. The van der Waals surface area contributed by atoms with Crippen LogP contribution in [0.3, 0.4) is 0 Å². The molecule has 5 heterocycles. The molecule has 3 aromatic heterocycles. The molecule has 0 saturated heterocycles. The van der Waals surface area contributed by atoms with Crippen molar-refractivity contribution in [1.82, 2.24) is 39.5 Å². The van der Waals surface area contributed by atoms with Crippen LogP contribution in [0.2, 0.25) is 0 Å².